The summed E-state index contributed by atoms with van der Waals surface area (Å²) in [7, 11) is -4.16. The first-order chi connectivity index (χ1) is 8.40. The summed E-state index contributed by atoms with van der Waals surface area (Å²) >= 11 is 0. The summed E-state index contributed by atoms with van der Waals surface area (Å²) in [6, 6.07) is 3.00. The van der Waals surface area contributed by atoms with E-state index < -0.39 is 32.6 Å². The lowest BCUT2D eigenvalue weighted by atomic mass is 10.2. The summed E-state index contributed by atoms with van der Waals surface area (Å²) in [5.41, 5.74) is 0. The molecule has 1 atom stereocenters. The molecule has 0 heterocycles. The Hall–Kier alpha value is -1.52. The normalized spacial score (nSPS) is 13.0. The average molecular weight is 274 g/mol. The molecule has 0 aliphatic rings. The number of nitriles is 1. The predicted octanol–water partition coefficient (Wildman–Crippen LogP) is 1.94. The summed E-state index contributed by atoms with van der Waals surface area (Å²) in [6.45, 7) is 1.79. The van der Waals surface area contributed by atoms with Crippen LogP contribution in [0.3, 0.4) is 0 Å². The van der Waals surface area contributed by atoms with Gasteiger partial charge in [-0.1, -0.05) is 13.3 Å². The van der Waals surface area contributed by atoms with Gasteiger partial charge in [0.15, 0.2) is 0 Å². The fourth-order valence-corrected chi connectivity index (χ4v) is 2.62. The number of sulfonamides is 1. The van der Waals surface area contributed by atoms with Crippen molar-refractivity contribution >= 4 is 10.0 Å². The SMILES string of the molecule is CCCC(C#N)NS(=O)(=O)c1ccc(F)cc1F. The average Bonchev–Trinajstić information content (AvgIpc) is 2.27. The molecule has 1 rings (SSSR count). The molecule has 0 aliphatic heterocycles. The molecule has 98 valence electrons. The summed E-state index contributed by atoms with van der Waals surface area (Å²) in [6.07, 6.45) is 0.922. The van der Waals surface area contributed by atoms with E-state index in [-0.39, 0.29) is 0 Å². The molecule has 1 aromatic carbocycles. The molecular formula is C11H12F2N2O2S. The van der Waals surface area contributed by atoms with Gasteiger partial charge in [0.25, 0.3) is 0 Å². The van der Waals surface area contributed by atoms with Gasteiger partial charge < -0.3 is 0 Å². The summed E-state index contributed by atoms with van der Waals surface area (Å²) in [4.78, 5) is -0.666. The van der Waals surface area contributed by atoms with Crippen molar-refractivity contribution in [1.29, 1.82) is 5.26 Å². The minimum atomic E-state index is -4.16. The molecule has 1 N–H and O–H groups in total. The Bertz CT molecular complexity index is 567. The van der Waals surface area contributed by atoms with Crippen LogP contribution in [0.5, 0.6) is 0 Å². The topological polar surface area (TPSA) is 70.0 Å². The van der Waals surface area contributed by atoms with E-state index in [4.69, 9.17) is 5.26 Å². The van der Waals surface area contributed by atoms with Gasteiger partial charge in [-0.2, -0.15) is 9.98 Å². The Morgan fingerprint density at radius 1 is 1.44 bits per heavy atom. The molecule has 0 aromatic heterocycles. The van der Waals surface area contributed by atoms with Crippen LogP contribution < -0.4 is 4.72 Å². The molecule has 0 amide bonds. The number of nitrogens with one attached hydrogen (secondary N) is 1. The van der Waals surface area contributed by atoms with Crippen LogP contribution in [0.2, 0.25) is 0 Å². The van der Waals surface area contributed by atoms with Crippen molar-refractivity contribution < 1.29 is 17.2 Å². The van der Waals surface area contributed by atoms with Gasteiger partial charge in [0.2, 0.25) is 10.0 Å². The van der Waals surface area contributed by atoms with Gasteiger partial charge in [-0.25, -0.2) is 17.2 Å². The lowest BCUT2D eigenvalue weighted by Gasteiger charge is -2.11. The highest BCUT2D eigenvalue weighted by Crippen LogP contribution is 2.16. The summed E-state index contributed by atoms with van der Waals surface area (Å²) < 4.78 is 51.7. The second-order valence-electron chi connectivity index (χ2n) is 3.67. The van der Waals surface area contributed by atoms with Crippen LogP contribution in [0.15, 0.2) is 23.1 Å². The van der Waals surface area contributed by atoms with E-state index in [0.29, 0.717) is 18.9 Å². The van der Waals surface area contributed by atoms with Crippen molar-refractivity contribution in [2.24, 2.45) is 0 Å². The minimum absolute atomic E-state index is 0.318. The lowest BCUT2D eigenvalue weighted by Crippen LogP contribution is -2.34. The maximum atomic E-state index is 13.3. The van der Waals surface area contributed by atoms with Crippen LogP contribution >= 0.6 is 0 Å². The molecule has 0 saturated heterocycles. The van der Waals surface area contributed by atoms with Crippen molar-refractivity contribution in [3.8, 4) is 6.07 Å². The smallest absolute Gasteiger partial charge is 0.207 e. The zero-order valence-electron chi connectivity index (χ0n) is 9.65. The zero-order chi connectivity index (χ0) is 13.8. The molecule has 1 unspecified atom stereocenters. The van der Waals surface area contributed by atoms with E-state index in [1.54, 1.807) is 13.0 Å². The molecule has 18 heavy (non-hydrogen) atoms. The number of benzene rings is 1. The van der Waals surface area contributed by atoms with Crippen molar-refractivity contribution in [2.75, 3.05) is 0 Å². The molecule has 0 bridgehead atoms. The number of rotatable bonds is 5. The maximum Gasteiger partial charge on any atom is 0.244 e. The van der Waals surface area contributed by atoms with E-state index in [1.165, 1.54) is 0 Å². The molecular weight excluding hydrogens is 262 g/mol. The van der Waals surface area contributed by atoms with Crippen molar-refractivity contribution in [3.05, 3.63) is 29.8 Å². The molecule has 0 spiro atoms. The van der Waals surface area contributed by atoms with Crippen LogP contribution in [-0.2, 0) is 10.0 Å². The summed E-state index contributed by atoms with van der Waals surface area (Å²) in [5, 5.41) is 8.75. The fourth-order valence-electron chi connectivity index (χ4n) is 1.38. The third-order valence-electron chi connectivity index (χ3n) is 2.21. The predicted molar refractivity (Wildman–Crippen MR) is 61.0 cm³/mol. The first kappa shape index (κ1) is 14.5. The monoisotopic (exact) mass is 274 g/mol. The fraction of sp³-hybridized carbons (Fsp3) is 0.364. The Morgan fingerprint density at radius 2 is 2.11 bits per heavy atom. The Labute approximate surface area is 104 Å². The van der Waals surface area contributed by atoms with Crippen LogP contribution in [0.4, 0.5) is 8.78 Å². The van der Waals surface area contributed by atoms with Gasteiger partial charge in [0.1, 0.15) is 22.6 Å². The Kier molecular flexibility index (Phi) is 4.76. The number of nitrogens with zero attached hydrogens (tertiary/aromatic N) is 1. The van der Waals surface area contributed by atoms with Crippen LogP contribution in [-0.4, -0.2) is 14.5 Å². The maximum absolute atomic E-state index is 13.3. The first-order valence-electron chi connectivity index (χ1n) is 5.27. The molecule has 0 fully saturated rings. The van der Waals surface area contributed by atoms with Crippen LogP contribution in [0.1, 0.15) is 19.8 Å². The lowest BCUT2D eigenvalue weighted by molar-refractivity contribution is 0.535. The summed E-state index contributed by atoms with van der Waals surface area (Å²) in [5.74, 6) is -2.05. The van der Waals surface area contributed by atoms with E-state index >= 15 is 0 Å². The molecule has 7 heteroatoms. The van der Waals surface area contributed by atoms with Gasteiger partial charge in [0.05, 0.1) is 6.07 Å². The minimum Gasteiger partial charge on any atom is -0.207 e. The van der Waals surface area contributed by atoms with E-state index in [9.17, 15) is 17.2 Å². The number of hydrogen-bond acceptors (Lipinski definition) is 3. The van der Waals surface area contributed by atoms with Crippen molar-refractivity contribution in [2.45, 2.75) is 30.7 Å². The van der Waals surface area contributed by atoms with Gasteiger partial charge in [-0.15, -0.1) is 0 Å². The third-order valence-corrected chi connectivity index (χ3v) is 3.72. The van der Waals surface area contributed by atoms with E-state index in [1.807, 2.05) is 0 Å². The molecule has 1 aromatic rings. The molecule has 0 aliphatic carbocycles. The van der Waals surface area contributed by atoms with Gasteiger partial charge in [-0.3, -0.25) is 0 Å². The van der Waals surface area contributed by atoms with Crippen molar-refractivity contribution in [3.63, 3.8) is 0 Å². The second-order valence-corrected chi connectivity index (χ2v) is 5.35. The largest absolute Gasteiger partial charge is 0.244 e. The zero-order valence-corrected chi connectivity index (χ0v) is 10.5. The first-order valence-corrected chi connectivity index (χ1v) is 6.76. The quantitative estimate of drug-likeness (QED) is 0.892. The van der Waals surface area contributed by atoms with Gasteiger partial charge in [-0.05, 0) is 18.6 Å². The Morgan fingerprint density at radius 3 is 2.61 bits per heavy atom. The number of halogens is 2. The molecule has 4 nitrogen and oxygen atoms in total. The molecule has 0 radical (unpaired) electrons. The Balaban J connectivity index is 3.03. The number of hydrogen-bond donors (Lipinski definition) is 1. The van der Waals surface area contributed by atoms with Crippen LogP contribution in [0.25, 0.3) is 0 Å². The standard InChI is InChI=1S/C11H12F2N2O2S/c1-2-3-9(7-14)15-18(16,17)11-5-4-8(12)6-10(11)13/h4-6,9,15H,2-3H2,1H3. The second kappa shape index (κ2) is 5.89. The highest BCUT2D eigenvalue weighted by atomic mass is 32.2. The van der Waals surface area contributed by atoms with E-state index in [0.717, 1.165) is 12.1 Å². The molecule has 0 saturated carbocycles. The van der Waals surface area contributed by atoms with Crippen LogP contribution in [0, 0.1) is 23.0 Å². The van der Waals surface area contributed by atoms with Crippen molar-refractivity contribution in [1.82, 2.24) is 4.72 Å². The van der Waals surface area contributed by atoms with Gasteiger partial charge >= 0.3 is 0 Å². The highest BCUT2D eigenvalue weighted by molar-refractivity contribution is 7.89. The highest BCUT2D eigenvalue weighted by Gasteiger charge is 2.23. The third kappa shape index (κ3) is 3.48. The van der Waals surface area contributed by atoms with Gasteiger partial charge in [0, 0.05) is 6.07 Å². The van der Waals surface area contributed by atoms with E-state index in [2.05, 4.69) is 4.72 Å².